The number of piperidine rings is 1. The highest BCUT2D eigenvalue weighted by atomic mass is 79.9. The van der Waals surface area contributed by atoms with E-state index in [1.54, 1.807) is 16.9 Å². The molecule has 2 aromatic rings. The predicted octanol–water partition coefficient (Wildman–Crippen LogP) is 8.23. The van der Waals surface area contributed by atoms with Crippen LogP contribution in [-0.2, 0) is 5.33 Å². The van der Waals surface area contributed by atoms with Gasteiger partial charge in [0.1, 0.15) is 0 Å². The maximum absolute atomic E-state index is 4.96. The van der Waals surface area contributed by atoms with Crippen LogP contribution in [0.4, 0.5) is 5.13 Å². The predicted molar refractivity (Wildman–Crippen MR) is 135 cm³/mol. The molecule has 0 unspecified atom stereocenters. The Hall–Kier alpha value is -1.13. The third-order valence-corrected chi connectivity index (χ3v) is 8.61. The van der Waals surface area contributed by atoms with E-state index in [1.807, 2.05) is 0 Å². The number of allylic oxidation sites excluding steroid dienone is 1. The zero-order valence-corrected chi connectivity index (χ0v) is 20.5. The van der Waals surface area contributed by atoms with Gasteiger partial charge in [0.15, 0.2) is 5.13 Å². The number of thiazole rings is 1. The average molecular weight is 488 g/mol. The number of rotatable bonds is 5. The molecule has 2 nitrogen and oxygen atoms in total. The molecule has 0 bridgehead atoms. The molecule has 0 radical (unpaired) electrons. The lowest BCUT2D eigenvalue weighted by Gasteiger charge is -2.35. The van der Waals surface area contributed by atoms with Gasteiger partial charge in [-0.25, -0.2) is 4.98 Å². The minimum atomic E-state index is 0.711. The minimum Gasteiger partial charge on any atom is -0.348 e. The Balaban J connectivity index is 1.32. The van der Waals surface area contributed by atoms with Crippen LogP contribution in [0.15, 0.2) is 41.8 Å². The monoisotopic (exact) mass is 486 g/mol. The summed E-state index contributed by atoms with van der Waals surface area (Å²) < 4.78 is 0. The molecular weight excluding hydrogens is 452 g/mol. The van der Waals surface area contributed by atoms with E-state index in [4.69, 9.17) is 4.98 Å². The standard InChI is InChI=1S/C26H35BrN2S/c1-20(22-8-6-4-2-3-5-7-9-22)23-14-16-29(17-15-23)26-28-25(19-30-26)24-12-10-21(18-27)11-13-24/h10-13,19,22-23H,1-9,14-18H2. The lowest BCUT2D eigenvalue weighted by molar-refractivity contribution is 0.383. The summed E-state index contributed by atoms with van der Waals surface area (Å²) in [5.41, 5.74) is 5.19. The number of anilines is 1. The molecular formula is C26H35BrN2S. The summed E-state index contributed by atoms with van der Waals surface area (Å²) in [6.07, 6.45) is 13.8. The molecule has 0 atom stereocenters. The summed E-state index contributed by atoms with van der Waals surface area (Å²) in [5.74, 6) is 1.48. The Labute approximate surface area is 194 Å². The highest BCUT2D eigenvalue weighted by molar-refractivity contribution is 9.08. The van der Waals surface area contributed by atoms with Crippen LogP contribution < -0.4 is 4.90 Å². The van der Waals surface area contributed by atoms with Gasteiger partial charge in [-0.2, -0.15) is 0 Å². The number of nitrogens with zero attached hydrogens (tertiary/aromatic N) is 2. The van der Waals surface area contributed by atoms with Crippen molar-refractivity contribution in [3.05, 3.63) is 47.4 Å². The third kappa shape index (κ3) is 5.56. The molecule has 1 aromatic carbocycles. The van der Waals surface area contributed by atoms with Crippen LogP contribution in [0.3, 0.4) is 0 Å². The Kier molecular flexibility index (Phi) is 8.06. The van der Waals surface area contributed by atoms with Crippen molar-refractivity contribution in [1.29, 1.82) is 0 Å². The van der Waals surface area contributed by atoms with Gasteiger partial charge in [0.05, 0.1) is 5.69 Å². The van der Waals surface area contributed by atoms with Crippen molar-refractivity contribution in [2.24, 2.45) is 11.8 Å². The Bertz CT molecular complexity index is 795. The van der Waals surface area contributed by atoms with Crippen LogP contribution in [0.1, 0.15) is 69.8 Å². The van der Waals surface area contributed by atoms with Crippen LogP contribution in [0.5, 0.6) is 0 Å². The van der Waals surface area contributed by atoms with Crippen molar-refractivity contribution in [3.8, 4) is 11.3 Å². The van der Waals surface area contributed by atoms with Crippen LogP contribution in [-0.4, -0.2) is 18.1 Å². The molecule has 1 aliphatic heterocycles. The molecule has 1 saturated heterocycles. The second kappa shape index (κ2) is 10.9. The summed E-state index contributed by atoms with van der Waals surface area (Å²) in [7, 11) is 0. The summed E-state index contributed by atoms with van der Waals surface area (Å²) in [6.45, 7) is 6.86. The number of hydrogen-bond acceptors (Lipinski definition) is 3. The van der Waals surface area contributed by atoms with Gasteiger partial charge in [-0.15, -0.1) is 11.3 Å². The van der Waals surface area contributed by atoms with Crippen LogP contribution >= 0.6 is 27.3 Å². The fraction of sp³-hybridized carbons (Fsp3) is 0.577. The average Bonchev–Trinajstić information content (AvgIpc) is 3.33. The minimum absolute atomic E-state index is 0.711. The highest BCUT2D eigenvalue weighted by Crippen LogP contribution is 2.37. The van der Waals surface area contributed by atoms with Crippen molar-refractivity contribution in [2.75, 3.05) is 18.0 Å². The number of benzene rings is 1. The van der Waals surface area contributed by atoms with Crippen molar-refractivity contribution in [1.82, 2.24) is 4.98 Å². The first-order valence-corrected chi connectivity index (χ1v) is 13.8. The Morgan fingerprint density at radius 2 is 1.53 bits per heavy atom. The van der Waals surface area contributed by atoms with E-state index >= 15 is 0 Å². The molecule has 30 heavy (non-hydrogen) atoms. The van der Waals surface area contributed by atoms with E-state index in [9.17, 15) is 0 Å². The van der Waals surface area contributed by atoms with Gasteiger partial charge < -0.3 is 4.90 Å². The van der Waals surface area contributed by atoms with E-state index in [1.165, 1.54) is 80.5 Å². The summed E-state index contributed by atoms with van der Waals surface area (Å²) in [6, 6.07) is 8.72. The molecule has 2 fully saturated rings. The van der Waals surface area contributed by atoms with Gasteiger partial charge in [0.2, 0.25) is 0 Å². The Morgan fingerprint density at radius 1 is 0.933 bits per heavy atom. The maximum Gasteiger partial charge on any atom is 0.185 e. The van der Waals surface area contributed by atoms with E-state index < -0.39 is 0 Å². The van der Waals surface area contributed by atoms with Crippen molar-refractivity contribution < 1.29 is 0 Å². The van der Waals surface area contributed by atoms with Gasteiger partial charge in [-0.3, -0.25) is 0 Å². The van der Waals surface area contributed by atoms with Gasteiger partial charge in [-0.05, 0) is 43.1 Å². The molecule has 162 valence electrons. The summed E-state index contributed by atoms with van der Waals surface area (Å²) >= 11 is 5.31. The van der Waals surface area contributed by atoms with Crippen LogP contribution in [0.25, 0.3) is 11.3 Å². The zero-order valence-electron chi connectivity index (χ0n) is 18.1. The molecule has 1 aromatic heterocycles. The van der Waals surface area contributed by atoms with E-state index in [-0.39, 0.29) is 0 Å². The molecule has 4 rings (SSSR count). The van der Waals surface area contributed by atoms with E-state index in [0.29, 0.717) is 5.92 Å². The Morgan fingerprint density at radius 3 is 2.17 bits per heavy atom. The quantitative estimate of drug-likeness (QED) is 0.312. The molecule has 1 aliphatic carbocycles. The van der Waals surface area contributed by atoms with Crippen molar-refractivity contribution >= 4 is 32.4 Å². The lowest BCUT2D eigenvalue weighted by atomic mass is 9.79. The topological polar surface area (TPSA) is 16.1 Å². The largest absolute Gasteiger partial charge is 0.348 e. The van der Waals surface area contributed by atoms with Gasteiger partial charge in [-0.1, -0.05) is 90.9 Å². The van der Waals surface area contributed by atoms with E-state index in [2.05, 4.69) is 57.1 Å². The second-order valence-electron chi connectivity index (χ2n) is 9.08. The molecule has 2 heterocycles. The summed E-state index contributed by atoms with van der Waals surface area (Å²) in [4.78, 5) is 7.46. The summed E-state index contributed by atoms with van der Waals surface area (Å²) in [5, 5.41) is 4.29. The van der Waals surface area contributed by atoms with Gasteiger partial charge >= 0.3 is 0 Å². The van der Waals surface area contributed by atoms with Crippen LogP contribution in [0.2, 0.25) is 0 Å². The smallest absolute Gasteiger partial charge is 0.185 e. The molecule has 0 amide bonds. The fourth-order valence-electron chi connectivity index (χ4n) is 5.09. The number of hydrogen-bond donors (Lipinski definition) is 0. The number of aromatic nitrogens is 1. The van der Waals surface area contributed by atoms with Gasteiger partial charge in [0, 0.05) is 29.4 Å². The number of halogens is 1. The van der Waals surface area contributed by atoms with Crippen LogP contribution in [0, 0.1) is 11.8 Å². The first kappa shape index (κ1) is 22.1. The SMILES string of the molecule is C=C(C1CCCCCCCC1)C1CCN(c2nc(-c3ccc(CBr)cc3)cs2)CC1. The molecule has 2 aliphatic rings. The van der Waals surface area contributed by atoms with Crippen molar-refractivity contribution in [2.45, 2.75) is 69.5 Å². The second-order valence-corrected chi connectivity index (χ2v) is 10.5. The fourth-order valence-corrected chi connectivity index (χ4v) is 6.35. The lowest BCUT2D eigenvalue weighted by Crippen LogP contribution is -2.35. The normalized spacial score (nSPS) is 19.8. The van der Waals surface area contributed by atoms with Crippen molar-refractivity contribution in [3.63, 3.8) is 0 Å². The van der Waals surface area contributed by atoms with Gasteiger partial charge in [0.25, 0.3) is 0 Å². The third-order valence-electron chi connectivity index (χ3n) is 7.07. The molecule has 0 N–H and O–H groups in total. The molecule has 4 heteroatoms. The molecule has 1 saturated carbocycles. The van der Waals surface area contributed by atoms with E-state index in [0.717, 1.165) is 30.0 Å². The number of alkyl halides is 1. The first-order valence-electron chi connectivity index (χ1n) is 11.8. The highest BCUT2D eigenvalue weighted by Gasteiger charge is 2.27. The molecule has 0 spiro atoms. The maximum atomic E-state index is 4.96. The zero-order chi connectivity index (χ0) is 20.8. The first-order chi connectivity index (χ1) is 14.7.